The average Bonchev–Trinajstić information content (AvgIpc) is 2.09. The molecule has 0 atom stereocenters. The molecular formula is C12H20N4. The quantitative estimate of drug-likeness (QED) is 0.837. The second kappa shape index (κ2) is 4.78. The number of nitrogen functional groups attached to an aromatic ring is 1. The first kappa shape index (κ1) is 11.3. The molecule has 1 heterocycles. The van der Waals surface area contributed by atoms with Crippen molar-refractivity contribution in [2.45, 2.75) is 32.7 Å². The maximum Gasteiger partial charge on any atom is 0.144 e. The molecule has 88 valence electrons. The Balaban J connectivity index is 1.91. The molecule has 0 aromatic carbocycles. The van der Waals surface area contributed by atoms with E-state index in [0.29, 0.717) is 5.82 Å². The van der Waals surface area contributed by atoms with Crippen molar-refractivity contribution in [1.82, 2.24) is 14.9 Å². The number of aromatic nitrogens is 2. The number of nitrogens with two attached hydrogens (primary N) is 1. The molecule has 2 rings (SSSR count). The minimum atomic E-state index is 0.569. The van der Waals surface area contributed by atoms with Crippen LogP contribution in [0.5, 0.6) is 0 Å². The minimum Gasteiger partial charge on any atom is -0.384 e. The van der Waals surface area contributed by atoms with Crippen molar-refractivity contribution in [1.29, 1.82) is 0 Å². The Morgan fingerprint density at radius 2 is 2.19 bits per heavy atom. The molecule has 1 aromatic rings. The Hall–Kier alpha value is -1.16. The zero-order valence-electron chi connectivity index (χ0n) is 10.1. The summed E-state index contributed by atoms with van der Waals surface area (Å²) >= 11 is 0. The predicted molar refractivity (Wildman–Crippen MR) is 64.9 cm³/mol. The first-order chi connectivity index (χ1) is 7.63. The van der Waals surface area contributed by atoms with E-state index in [9.17, 15) is 0 Å². The van der Waals surface area contributed by atoms with Crippen LogP contribution in [0.25, 0.3) is 0 Å². The SMILES string of the molecule is Cc1cc(N)nc(CN(C)CC2CCC2)n1. The topological polar surface area (TPSA) is 55.0 Å². The van der Waals surface area contributed by atoms with Gasteiger partial charge in [-0.15, -0.1) is 0 Å². The largest absolute Gasteiger partial charge is 0.384 e. The number of hydrogen-bond donors (Lipinski definition) is 1. The maximum absolute atomic E-state index is 5.70. The van der Waals surface area contributed by atoms with Crippen LogP contribution in [0, 0.1) is 12.8 Å². The molecule has 4 heteroatoms. The highest BCUT2D eigenvalue weighted by molar-refractivity contribution is 5.29. The Morgan fingerprint density at radius 1 is 1.44 bits per heavy atom. The van der Waals surface area contributed by atoms with E-state index in [2.05, 4.69) is 21.9 Å². The summed E-state index contributed by atoms with van der Waals surface area (Å²) in [5.41, 5.74) is 6.65. The van der Waals surface area contributed by atoms with Crippen molar-refractivity contribution in [3.63, 3.8) is 0 Å². The van der Waals surface area contributed by atoms with Gasteiger partial charge < -0.3 is 5.73 Å². The smallest absolute Gasteiger partial charge is 0.144 e. The highest BCUT2D eigenvalue weighted by Crippen LogP contribution is 2.26. The van der Waals surface area contributed by atoms with Gasteiger partial charge in [-0.05, 0) is 32.7 Å². The lowest BCUT2D eigenvalue weighted by Gasteiger charge is -2.29. The van der Waals surface area contributed by atoms with Gasteiger partial charge >= 0.3 is 0 Å². The lowest BCUT2D eigenvalue weighted by atomic mass is 9.85. The molecule has 1 saturated carbocycles. The Bertz CT molecular complexity index is 340. The summed E-state index contributed by atoms with van der Waals surface area (Å²) in [5, 5.41) is 0. The number of hydrogen-bond acceptors (Lipinski definition) is 4. The Morgan fingerprint density at radius 3 is 2.75 bits per heavy atom. The van der Waals surface area contributed by atoms with Gasteiger partial charge in [0.1, 0.15) is 11.6 Å². The molecule has 0 saturated heterocycles. The van der Waals surface area contributed by atoms with Crippen LogP contribution >= 0.6 is 0 Å². The predicted octanol–water partition coefficient (Wildman–Crippen LogP) is 1.60. The van der Waals surface area contributed by atoms with E-state index in [-0.39, 0.29) is 0 Å². The Labute approximate surface area is 96.9 Å². The van der Waals surface area contributed by atoms with Gasteiger partial charge in [-0.25, -0.2) is 9.97 Å². The zero-order chi connectivity index (χ0) is 11.5. The fourth-order valence-corrected chi connectivity index (χ4v) is 2.15. The normalized spacial score (nSPS) is 16.4. The molecule has 1 aliphatic carbocycles. The summed E-state index contributed by atoms with van der Waals surface area (Å²) < 4.78 is 0. The number of rotatable bonds is 4. The van der Waals surface area contributed by atoms with Gasteiger partial charge in [-0.1, -0.05) is 6.42 Å². The number of aryl methyl sites for hydroxylation is 1. The van der Waals surface area contributed by atoms with E-state index >= 15 is 0 Å². The van der Waals surface area contributed by atoms with Gasteiger partial charge in [-0.2, -0.15) is 0 Å². The fourth-order valence-electron chi connectivity index (χ4n) is 2.15. The van der Waals surface area contributed by atoms with Gasteiger partial charge in [-0.3, -0.25) is 4.90 Å². The van der Waals surface area contributed by atoms with Crippen LogP contribution in [0.4, 0.5) is 5.82 Å². The van der Waals surface area contributed by atoms with Crippen LogP contribution in [-0.4, -0.2) is 28.5 Å². The third kappa shape index (κ3) is 2.92. The second-order valence-corrected chi connectivity index (χ2v) is 4.84. The van der Waals surface area contributed by atoms with Crippen LogP contribution in [-0.2, 0) is 6.54 Å². The summed E-state index contributed by atoms with van der Waals surface area (Å²) in [4.78, 5) is 10.9. The third-order valence-electron chi connectivity index (χ3n) is 3.13. The van der Waals surface area contributed by atoms with Gasteiger partial charge in [0.2, 0.25) is 0 Å². The van der Waals surface area contributed by atoms with Crippen molar-refractivity contribution in [2.75, 3.05) is 19.3 Å². The van der Waals surface area contributed by atoms with Gasteiger partial charge in [0.05, 0.1) is 6.54 Å². The van der Waals surface area contributed by atoms with Crippen LogP contribution in [0.3, 0.4) is 0 Å². The molecule has 0 spiro atoms. The van der Waals surface area contributed by atoms with E-state index < -0.39 is 0 Å². The van der Waals surface area contributed by atoms with Crippen molar-refractivity contribution >= 4 is 5.82 Å². The van der Waals surface area contributed by atoms with E-state index in [1.165, 1.54) is 19.3 Å². The summed E-state index contributed by atoms with van der Waals surface area (Å²) in [6, 6.07) is 1.80. The van der Waals surface area contributed by atoms with Crippen molar-refractivity contribution in [2.24, 2.45) is 5.92 Å². The van der Waals surface area contributed by atoms with E-state index in [1.807, 2.05) is 6.92 Å². The number of nitrogens with zero attached hydrogens (tertiary/aromatic N) is 3. The average molecular weight is 220 g/mol. The molecule has 2 N–H and O–H groups in total. The van der Waals surface area contributed by atoms with Crippen LogP contribution in [0.15, 0.2) is 6.07 Å². The van der Waals surface area contributed by atoms with E-state index in [0.717, 1.165) is 30.5 Å². The van der Waals surface area contributed by atoms with E-state index in [4.69, 9.17) is 5.73 Å². The first-order valence-electron chi connectivity index (χ1n) is 5.92. The monoisotopic (exact) mass is 220 g/mol. The lowest BCUT2D eigenvalue weighted by Crippen LogP contribution is -2.29. The summed E-state index contributed by atoms with van der Waals surface area (Å²) in [6.45, 7) is 3.90. The highest BCUT2D eigenvalue weighted by Gasteiger charge is 2.19. The summed E-state index contributed by atoms with van der Waals surface area (Å²) in [5.74, 6) is 2.28. The van der Waals surface area contributed by atoms with Crippen molar-refractivity contribution < 1.29 is 0 Å². The molecule has 0 aliphatic heterocycles. The fraction of sp³-hybridized carbons (Fsp3) is 0.667. The molecule has 0 amide bonds. The molecular weight excluding hydrogens is 200 g/mol. The highest BCUT2D eigenvalue weighted by atomic mass is 15.1. The zero-order valence-corrected chi connectivity index (χ0v) is 10.1. The Kier molecular flexibility index (Phi) is 3.39. The standard InChI is InChI=1S/C12H20N4/c1-9-6-11(13)15-12(14-9)8-16(2)7-10-4-3-5-10/h6,10H,3-5,7-8H2,1-2H3,(H2,13,14,15). The molecule has 0 unspecified atom stereocenters. The second-order valence-electron chi connectivity index (χ2n) is 4.84. The molecule has 0 radical (unpaired) electrons. The molecule has 1 aliphatic rings. The van der Waals surface area contributed by atoms with Crippen molar-refractivity contribution in [3.8, 4) is 0 Å². The molecule has 0 bridgehead atoms. The molecule has 1 aromatic heterocycles. The maximum atomic E-state index is 5.70. The van der Waals surface area contributed by atoms with Crippen LogP contribution in [0.2, 0.25) is 0 Å². The molecule has 1 fully saturated rings. The molecule has 4 nitrogen and oxygen atoms in total. The first-order valence-corrected chi connectivity index (χ1v) is 5.92. The van der Waals surface area contributed by atoms with Crippen LogP contribution in [0.1, 0.15) is 30.8 Å². The van der Waals surface area contributed by atoms with Gasteiger partial charge in [0, 0.05) is 18.3 Å². The third-order valence-corrected chi connectivity index (χ3v) is 3.13. The van der Waals surface area contributed by atoms with Crippen molar-refractivity contribution in [3.05, 3.63) is 17.6 Å². The van der Waals surface area contributed by atoms with Gasteiger partial charge in [0.15, 0.2) is 0 Å². The van der Waals surface area contributed by atoms with Crippen LogP contribution < -0.4 is 5.73 Å². The summed E-state index contributed by atoms with van der Waals surface area (Å²) in [6.07, 6.45) is 4.15. The minimum absolute atomic E-state index is 0.569. The summed E-state index contributed by atoms with van der Waals surface area (Å²) in [7, 11) is 2.13. The van der Waals surface area contributed by atoms with Gasteiger partial charge in [0.25, 0.3) is 0 Å². The molecule has 16 heavy (non-hydrogen) atoms. The lowest BCUT2D eigenvalue weighted by molar-refractivity contribution is 0.197. The number of anilines is 1. The van der Waals surface area contributed by atoms with E-state index in [1.54, 1.807) is 6.07 Å².